The van der Waals surface area contributed by atoms with Gasteiger partial charge in [-0.1, -0.05) is 13.3 Å². The number of ether oxygens (including phenoxy) is 1. The smallest absolute Gasteiger partial charge is 0.272 e. The predicted octanol–water partition coefficient (Wildman–Crippen LogP) is 1.99. The first kappa shape index (κ1) is 14.6. The number of aryl methyl sites for hydroxylation is 1. The van der Waals surface area contributed by atoms with Gasteiger partial charge < -0.3 is 10.1 Å². The Morgan fingerprint density at radius 1 is 1.43 bits per heavy atom. The van der Waals surface area contributed by atoms with E-state index in [1.807, 2.05) is 11.7 Å². The lowest BCUT2D eigenvalue weighted by Gasteiger charge is -2.28. The maximum absolute atomic E-state index is 12.7. The first-order chi connectivity index (χ1) is 10.2. The van der Waals surface area contributed by atoms with E-state index in [2.05, 4.69) is 17.3 Å². The van der Waals surface area contributed by atoms with Crippen molar-refractivity contribution in [1.82, 2.24) is 15.1 Å². The Morgan fingerprint density at radius 3 is 2.95 bits per heavy atom. The number of nitrogens with zero attached hydrogens (tertiary/aromatic N) is 2. The highest BCUT2D eigenvalue weighted by molar-refractivity contribution is 5.94. The number of hydrogen-bond acceptors (Lipinski definition) is 3. The van der Waals surface area contributed by atoms with Gasteiger partial charge in [0.2, 0.25) is 0 Å². The Hall–Kier alpha value is -1.36. The van der Waals surface area contributed by atoms with Gasteiger partial charge in [-0.15, -0.1) is 0 Å². The van der Waals surface area contributed by atoms with Crippen LogP contribution in [0.5, 0.6) is 0 Å². The van der Waals surface area contributed by atoms with Gasteiger partial charge in [0, 0.05) is 24.9 Å². The molecule has 1 atom stereocenters. The minimum absolute atomic E-state index is 0.0206. The number of aromatic nitrogens is 2. The molecule has 3 rings (SSSR count). The zero-order valence-electron chi connectivity index (χ0n) is 13.1. The molecule has 0 spiro atoms. The van der Waals surface area contributed by atoms with Gasteiger partial charge in [0.15, 0.2) is 5.69 Å². The molecule has 116 valence electrons. The lowest BCUT2D eigenvalue weighted by atomic mass is 9.91. The van der Waals surface area contributed by atoms with Gasteiger partial charge in [0.05, 0.1) is 12.1 Å². The zero-order valence-corrected chi connectivity index (χ0v) is 13.1. The maximum atomic E-state index is 12.7. The van der Waals surface area contributed by atoms with Crippen LogP contribution in [0.15, 0.2) is 0 Å². The number of nitrogens with one attached hydrogen (secondary N) is 1. The molecule has 0 radical (unpaired) electrons. The number of hydrogen-bond donors (Lipinski definition) is 1. The summed E-state index contributed by atoms with van der Waals surface area (Å²) in [6.07, 6.45) is 7.28. The summed E-state index contributed by atoms with van der Waals surface area (Å²) in [5.74, 6) is -0.0206. The average molecular weight is 291 g/mol. The van der Waals surface area contributed by atoms with Gasteiger partial charge in [0.1, 0.15) is 0 Å². The summed E-state index contributed by atoms with van der Waals surface area (Å²) < 4.78 is 7.42. The van der Waals surface area contributed by atoms with Crippen LogP contribution in [-0.2, 0) is 24.6 Å². The maximum Gasteiger partial charge on any atom is 0.272 e. The second-order valence-electron chi connectivity index (χ2n) is 6.39. The minimum Gasteiger partial charge on any atom is -0.379 e. The Bertz CT molecular complexity index is 530. The molecule has 1 N–H and O–H groups in total. The third-order valence-electron chi connectivity index (χ3n) is 4.79. The molecule has 1 unspecified atom stereocenters. The van der Waals surface area contributed by atoms with E-state index in [1.165, 1.54) is 12.1 Å². The van der Waals surface area contributed by atoms with Crippen LogP contribution < -0.4 is 5.32 Å². The summed E-state index contributed by atoms with van der Waals surface area (Å²) in [5.41, 5.74) is 2.84. The number of carbonyl (C=O) groups is 1. The minimum atomic E-state index is -0.190. The van der Waals surface area contributed by atoms with E-state index in [0.29, 0.717) is 12.3 Å². The topological polar surface area (TPSA) is 56.2 Å². The Labute approximate surface area is 126 Å². The second kappa shape index (κ2) is 5.79. The summed E-state index contributed by atoms with van der Waals surface area (Å²) in [5, 5.41) is 7.72. The van der Waals surface area contributed by atoms with Crippen LogP contribution in [-0.4, -0.2) is 34.4 Å². The molecule has 1 amide bonds. The molecule has 0 aromatic carbocycles. The molecule has 5 nitrogen and oxygen atoms in total. The van der Waals surface area contributed by atoms with E-state index in [4.69, 9.17) is 4.74 Å². The molecule has 1 fully saturated rings. The summed E-state index contributed by atoms with van der Waals surface area (Å²) in [4.78, 5) is 12.7. The van der Waals surface area contributed by atoms with Gasteiger partial charge in [-0.2, -0.15) is 5.10 Å². The molecule has 1 aromatic rings. The van der Waals surface area contributed by atoms with Crippen LogP contribution in [0.3, 0.4) is 0 Å². The molecule has 1 aliphatic heterocycles. The van der Waals surface area contributed by atoms with Gasteiger partial charge in [-0.3, -0.25) is 9.48 Å². The Balaban J connectivity index is 1.82. The van der Waals surface area contributed by atoms with Crippen LogP contribution in [0.25, 0.3) is 0 Å². The van der Waals surface area contributed by atoms with Crippen LogP contribution in [0.1, 0.15) is 60.8 Å². The quantitative estimate of drug-likeness (QED) is 0.923. The average Bonchev–Trinajstić information content (AvgIpc) is 3.05. The van der Waals surface area contributed by atoms with Crippen molar-refractivity contribution in [3.8, 4) is 0 Å². The van der Waals surface area contributed by atoms with Crippen LogP contribution >= 0.6 is 0 Å². The highest BCUT2D eigenvalue weighted by Crippen LogP contribution is 2.27. The number of fused-ring (bicyclic) bond motifs is 1. The van der Waals surface area contributed by atoms with E-state index in [1.54, 1.807) is 0 Å². The highest BCUT2D eigenvalue weighted by atomic mass is 16.5. The van der Waals surface area contributed by atoms with Gasteiger partial charge in [-0.25, -0.2) is 0 Å². The van der Waals surface area contributed by atoms with Crippen molar-refractivity contribution >= 4 is 5.91 Å². The van der Waals surface area contributed by atoms with E-state index >= 15 is 0 Å². The molecule has 5 heteroatoms. The fourth-order valence-corrected chi connectivity index (χ4v) is 3.70. The van der Waals surface area contributed by atoms with E-state index < -0.39 is 0 Å². The lowest BCUT2D eigenvalue weighted by Crippen LogP contribution is -2.49. The van der Waals surface area contributed by atoms with Crippen molar-refractivity contribution in [2.45, 2.75) is 57.4 Å². The zero-order chi connectivity index (χ0) is 14.9. The summed E-state index contributed by atoms with van der Waals surface area (Å²) >= 11 is 0. The third-order valence-corrected chi connectivity index (χ3v) is 4.79. The van der Waals surface area contributed by atoms with E-state index in [-0.39, 0.29) is 11.4 Å². The van der Waals surface area contributed by atoms with Crippen molar-refractivity contribution in [2.75, 3.05) is 13.2 Å². The molecular weight excluding hydrogens is 266 g/mol. The summed E-state index contributed by atoms with van der Waals surface area (Å²) in [6.45, 7) is 3.51. The number of amides is 1. The molecule has 1 aromatic heterocycles. The lowest BCUT2D eigenvalue weighted by molar-refractivity contribution is 0.0863. The van der Waals surface area contributed by atoms with Crippen molar-refractivity contribution in [3.63, 3.8) is 0 Å². The highest BCUT2D eigenvalue weighted by Gasteiger charge is 2.37. The molecule has 2 aliphatic rings. The van der Waals surface area contributed by atoms with E-state index in [9.17, 15) is 4.79 Å². The monoisotopic (exact) mass is 291 g/mol. The molecule has 0 bridgehead atoms. The van der Waals surface area contributed by atoms with Crippen molar-refractivity contribution in [3.05, 3.63) is 17.0 Å². The van der Waals surface area contributed by atoms with Crippen molar-refractivity contribution in [2.24, 2.45) is 7.05 Å². The summed E-state index contributed by atoms with van der Waals surface area (Å²) in [7, 11) is 1.95. The van der Waals surface area contributed by atoms with Gasteiger partial charge >= 0.3 is 0 Å². The standard InChI is InChI=1S/C16H25N3O2/c1-3-8-16(9-10-21-11-16)17-15(20)14-12-6-4-5-7-13(12)19(2)18-14/h3-11H2,1-2H3,(H,17,20). The number of carbonyl (C=O) groups excluding carboxylic acids is 1. The van der Waals surface area contributed by atoms with Crippen LogP contribution in [0.4, 0.5) is 0 Å². The molecule has 2 heterocycles. The SMILES string of the molecule is CCCC1(NC(=O)c2nn(C)c3c2CCCC3)CCOC1. The van der Waals surface area contributed by atoms with Crippen LogP contribution in [0, 0.1) is 0 Å². The van der Waals surface area contributed by atoms with Crippen molar-refractivity contribution < 1.29 is 9.53 Å². The normalized spacial score (nSPS) is 24.9. The van der Waals surface area contributed by atoms with Crippen molar-refractivity contribution in [1.29, 1.82) is 0 Å². The van der Waals surface area contributed by atoms with Crippen LogP contribution in [0.2, 0.25) is 0 Å². The van der Waals surface area contributed by atoms with Gasteiger partial charge in [-0.05, 0) is 38.5 Å². The first-order valence-electron chi connectivity index (χ1n) is 8.10. The fraction of sp³-hybridized carbons (Fsp3) is 0.750. The predicted molar refractivity (Wildman–Crippen MR) is 80.4 cm³/mol. The molecular formula is C16H25N3O2. The fourth-order valence-electron chi connectivity index (χ4n) is 3.70. The Kier molecular flexibility index (Phi) is 4.02. The largest absolute Gasteiger partial charge is 0.379 e. The first-order valence-corrected chi connectivity index (χ1v) is 8.10. The third kappa shape index (κ3) is 2.71. The Morgan fingerprint density at radius 2 is 2.24 bits per heavy atom. The second-order valence-corrected chi connectivity index (χ2v) is 6.39. The number of rotatable bonds is 4. The molecule has 0 saturated carbocycles. The van der Waals surface area contributed by atoms with Gasteiger partial charge in [0.25, 0.3) is 5.91 Å². The summed E-state index contributed by atoms with van der Waals surface area (Å²) in [6, 6.07) is 0. The molecule has 1 saturated heterocycles. The molecule has 21 heavy (non-hydrogen) atoms. The van der Waals surface area contributed by atoms with E-state index in [0.717, 1.165) is 50.7 Å². The molecule has 1 aliphatic carbocycles.